The van der Waals surface area contributed by atoms with Crippen molar-refractivity contribution in [2.45, 2.75) is 6.61 Å². The number of hydrogen-bond acceptors (Lipinski definition) is 6. The summed E-state index contributed by atoms with van der Waals surface area (Å²) in [6.07, 6.45) is 0. The fraction of sp³-hybridized carbons (Fsp3) is 0.176. The molecule has 0 spiro atoms. The van der Waals surface area contributed by atoms with Gasteiger partial charge in [-0.25, -0.2) is 9.59 Å². The Morgan fingerprint density at radius 1 is 0.957 bits per heavy atom. The van der Waals surface area contributed by atoms with Crippen LogP contribution in [0, 0.1) is 0 Å². The number of rotatable bonds is 5. The second kappa shape index (κ2) is 7.31. The van der Waals surface area contributed by atoms with Crippen LogP contribution in [0.1, 0.15) is 26.3 Å². The molecule has 2 aromatic carbocycles. The molecule has 0 aliphatic heterocycles. The molecule has 0 fully saturated rings. The number of hydrogen-bond donors (Lipinski definition) is 1. The fourth-order valence-electron chi connectivity index (χ4n) is 1.97. The quantitative estimate of drug-likeness (QED) is 0.673. The molecule has 0 unspecified atom stereocenters. The first-order chi connectivity index (χ1) is 11.0. The number of esters is 2. The number of methoxy groups -OCH3 is 2. The predicted molar refractivity (Wildman–Crippen MR) is 84.3 cm³/mol. The first kappa shape index (κ1) is 16.4. The maximum Gasteiger partial charge on any atom is 0.337 e. The number of nitrogens with two attached hydrogens (primary N) is 1. The Hall–Kier alpha value is -3.02. The Morgan fingerprint density at radius 3 is 2.26 bits per heavy atom. The second-order valence-corrected chi connectivity index (χ2v) is 4.72. The van der Waals surface area contributed by atoms with Crippen molar-refractivity contribution in [1.82, 2.24) is 0 Å². The van der Waals surface area contributed by atoms with Crippen molar-refractivity contribution in [1.29, 1.82) is 0 Å². The van der Waals surface area contributed by atoms with Crippen LogP contribution >= 0.6 is 0 Å². The molecule has 0 saturated carbocycles. The van der Waals surface area contributed by atoms with Crippen LogP contribution in [0.25, 0.3) is 0 Å². The molecule has 0 aliphatic rings. The van der Waals surface area contributed by atoms with E-state index in [1.807, 2.05) is 6.07 Å². The highest BCUT2D eigenvalue weighted by Gasteiger charge is 2.10. The lowest BCUT2D eigenvalue weighted by Crippen LogP contribution is -2.05. The van der Waals surface area contributed by atoms with Crippen molar-refractivity contribution < 1.29 is 23.8 Å². The zero-order chi connectivity index (χ0) is 16.8. The maximum atomic E-state index is 11.5. The minimum atomic E-state index is -0.470. The fourth-order valence-corrected chi connectivity index (χ4v) is 1.97. The Morgan fingerprint density at radius 2 is 1.61 bits per heavy atom. The average Bonchev–Trinajstić information content (AvgIpc) is 2.59. The summed E-state index contributed by atoms with van der Waals surface area (Å²) in [4.78, 5) is 23.0. The summed E-state index contributed by atoms with van der Waals surface area (Å²) < 4.78 is 15.0. The van der Waals surface area contributed by atoms with E-state index in [0.717, 1.165) is 5.56 Å². The third-order valence-electron chi connectivity index (χ3n) is 3.18. The van der Waals surface area contributed by atoms with E-state index in [1.54, 1.807) is 30.3 Å². The number of carbonyl (C=O) groups excluding carboxylic acids is 2. The van der Waals surface area contributed by atoms with Gasteiger partial charge in [0.05, 0.1) is 31.0 Å². The summed E-state index contributed by atoms with van der Waals surface area (Å²) in [5.41, 5.74) is 7.80. The lowest BCUT2D eigenvalue weighted by molar-refractivity contribution is 0.0591. The van der Waals surface area contributed by atoms with Gasteiger partial charge in [0.25, 0.3) is 0 Å². The van der Waals surface area contributed by atoms with Gasteiger partial charge in [0.2, 0.25) is 0 Å². The van der Waals surface area contributed by atoms with E-state index in [0.29, 0.717) is 22.6 Å². The SMILES string of the molecule is COC(=O)c1cccc(COc2cc(C(=O)OC)ccc2N)c1. The summed E-state index contributed by atoms with van der Waals surface area (Å²) in [6, 6.07) is 11.5. The molecule has 0 radical (unpaired) electrons. The molecule has 0 aliphatic carbocycles. The van der Waals surface area contributed by atoms with Crippen molar-refractivity contribution in [2.75, 3.05) is 20.0 Å². The highest BCUT2D eigenvalue weighted by Crippen LogP contribution is 2.24. The van der Waals surface area contributed by atoms with Crippen LogP contribution in [-0.2, 0) is 16.1 Å². The lowest BCUT2D eigenvalue weighted by Gasteiger charge is -2.11. The third-order valence-corrected chi connectivity index (χ3v) is 3.18. The van der Waals surface area contributed by atoms with E-state index in [-0.39, 0.29) is 6.61 Å². The molecule has 0 aromatic heterocycles. The highest BCUT2D eigenvalue weighted by molar-refractivity contribution is 5.90. The molecule has 0 amide bonds. The van der Waals surface area contributed by atoms with Crippen molar-refractivity contribution in [3.63, 3.8) is 0 Å². The Labute approximate surface area is 133 Å². The van der Waals surface area contributed by atoms with E-state index in [1.165, 1.54) is 20.3 Å². The summed E-state index contributed by atoms with van der Waals surface area (Å²) >= 11 is 0. The van der Waals surface area contributed by atoms with Crippen LogP contribution in [0.3, 0.4) is 0 Å². The number of anilines is 1. The third kappa shape index (κ3) is 4.00. The van der Waals surface area contributed by atoms with E-state index in [9.17, 15) is 9.59 Å². The number of ether oxygens (including phenoxy) is 3. The van der Waals surface area contributed by atoms with Crippen molar-refractivity contribution in [3.05, 3.63) is 59.2 Å². The molecule has 23 heavy (non-hydrogen) atoms. The minimum absolute atomic E-state index is 0.194. The molecule has 0 heterocycles. The van der Waals surface area contributed by atoms with E-state index >= 15 is 0 Å². The van der Waals surface area contributed by atoms with Gasteiger partial charge in [-0.1, -0.05) is 12.1 Å². The van der Waals surface area contributed by atoms with Gasteiger partial charge in [-0.2, -0.15) is 0 Å². The average molecular weight is 315 g/mol. The van der Waals surface area contributed by atoms with Gasteiger partial charge in [0, 0.05) is 0 Å². The van der Waals surface area contributed by atoms with Gasteiger partial charge in [-0.05, 0) is 35.9 Å². The molecular weight excluding hydrogens is 298 g/mol. The van der Waals surface area contributed by atoms with Crippen molar-refractivity contribution in [3.8, 4) is 5.75 Å². The van der Waals surface area contributed by atoms with Crippen molar-refractivity contribution in [2.24, 2.45) is 0 Å². The largest absolute Gasteiger partial charge is 0.487 e. The standard InChI is InChI=1S/C17H17NO5/c1-21-16(19)12-5-3-4-11(8-12)10-23-15-9-13(17(20)22-2)6-7-14(15)18/h3-9H,10,18H2,1-2H3. The van der Waals surface area contributed by atoms with Gasteiger partial charge < -0.3 is 19.9 Å². The van der Waals surface area contributed by atoms with E-state index in [2.05, 4.69) is 9.47 Å². The monoisotopic (exact) mass is 315 g/mol. The summed E-state index contributed by atoms with van der Waals surface area (Å²) in [7, 11) is 2.63. The zero-order valence-electron chi connectivity index (χ0n) is 12.9. The number of benzene rings is 2. The van der Waals surface area contributed by atoms with Gasteiger partial charge in [0.1, 0.15) is 12.4 Å². The minimum Gasteiger partial charge on any atom is -0.487 e. The Bertz CT molecular complexity index is 727. The molecule has 0 atom stereocenters. The topological polar surface area (TPSA) is 87.8 Å². The summed E-state index contributed by atoms with van der Waals surface area (Å²) in [5, 5.41) is 0. The van der Waals surface area contributed by atoms with Crippen LogP contribution in [0.15, 0.2) is 42.5 Å². The molecule has 2 N–H and O–H groups in total. The Kier molecular flexibility index (Phi) is 5.19. The zero-order valence-corrected chi connectivity index (χ0v) is 12.9. The number of nitrogen functional groups attached to an aromatic ring is 1. The van der Waals surface area contributed by atoms with Gasteiger partial charge in [0.15, 0.2) is 0 Å². The second-order valence-electron chi connectivity index (χ2n) is 4.72. The molecule has 6 nitrogen and oxygen atoms in total. The van der Waals surface area contributed by atoms with Gasteiger partial charge in [-0.15, -0.1) is 0 Å². The molecule has 6 heteroatoms. The first-order valence-electron chi connectivity index (χ1n) is 6.83. The number of carbonyl (C=O) groups is 2. The smallest absolute Gasteiger partial charge is 0.337 e. The first-order valence-corrected chi connectivity index (χ1v) is 6.83. The Balaban J connectivity index is 2.14. The van der Waals surface area contributed by atoms with E-state index < -0.39 is 11.9 Å². The van der Waals surface area contributed by atoms with Crippen LogP contribution in [-0.4, -0.2) is 26.2 Å². The summed E-state index contributed by atoms with van der Waals surface area (Å²) in [5.74, 6) is -0.516. The van der Waals surface area contributed by atoms with Crippen molar-refractivity contribution >= 4 is 17.6 Å². The maximum absolute atomic E-state index is 11.5. The van der Waals surface area contributed by atoms with Crippen LogP contribution in [0.4, 0.5) is 5.69 Å². The molecular formula is C17H17NO5. The normalized spacial score (nSPS) is 10.0. The van der Waals surface area contributed by atoms with E-state index in [4.69, 9.17) is 10.5 Å². The van der Waals surface area contributed by atoms with Gasteiger partial charge in [-0.3, -0.25) is 0 Å². The molecule has 120 valence electrons. The lowest BCUT2D eigenvalue weighted by atomic mass is 10.1. The highest BCUT2D eigenvalue weighted by atomic mass is 16.5. The molecule has 2 aromatic rings. The van der Waals surface area contributed by atoms with Gasteiger partial charge >= 0.3 is 11.9 Å². The van der Waals surface area contributed by atoms with Crippen LogP contribution in [0.5, 0.6) is 5.75 Å². The summed E-state index contributed by atoms with van der Waals surface area (Å²) in [6.45, 7) is 0.194. The molecule has 0 bridgehead atoms. The molecule has 0 saturated heterocycles. The predicted octanol–water partition coefficient (Wildman–Crippen LogP) is 2.42. The van der Waals surface area contributed by atoms with Crippen LogP contribution < -0.4 is 10.5 Å². The molecule has 2 rings (SSSR count). The van der Waals surface area contributed by atoms with Crippen LogP contribution in [0.2, 0.25) is 0 Å².